The van der Waals surface area contributed by atoms with Crippen LogP contribution < -0.4 is 11.1 Å². The minimum Gasteiger partial charge on any atom is -0.394 e. The molecule has 1 amide bonds. The summed E-state index contributed by atoms with van der Waals surface area (Å²) < 4.78 is 17.3. The van der Waals surface area contributed by atoms with E-state index in [0.717, 1.165) is 0 Å². The van der Waals surface area contributed by atoms with E-state index in [-0.39, 0.29) is 6.61 Å². The molecule has 118 valence electrons. The zero-order valence-corrected chi connectivity index (χ0v) is 10.9. The van der Waals surface area contributed by atoms with E-state index in [0.29, 0.717) is 13.0 Å². The van der Waals surface area contributed by atoms with Crippen LogP contribution >= 0.6 is 0 Å². The van der Waals surface area contributed by atoms with Crippen molar-refractivity contribution in [2.45, 2.75) is 43.6 Å². The monoisotopic (exact) mass is 295 g/mol. The van der Waals surface area contributed by atoms with Gasteiger partial charge in [0.05, 0.1) is 13.2 Å². The van der Waals surface area contributed by atoms with Gasteiger partial charge in [-0.2, -0.15) is 0 Å². The summed E-state index contributed by atoms with van der Waals surface area (Å²) in [5.41, 5.74) is 2.88. The molecule has 0 aliphatic carbocycles. The molecule has 0 bridgehead atoms. The third-order valence-corrected chi connectivity index (χ3v) is 2.95. The molecule has 5 atom stereocenters. The summed E-state index contributed by atoms with van der Waals surface area (Å²) in [5, 5.41) is 41.3. The number of ether oxygens (including phenoxy) is 2. The minimum atomic E-state index is -2.43. The fourth-order valence-electron chi connectivity index (χ4n) is 1.89. The van der Waals surface area contributed by atoms with E-state index in [9.17, 15) is 20.1 Å². The van der Waals surface area contributed by atoms with Crippen LogP contribution in [0.5, 0.6) is 0 Å². The Morgan fingerprint density at radius 2 is 2.30 bits per heavy atom. The van der Waals surface area contributed by atoms with Crippen molar-refractivity contribution in [2.75, 3.05) is 19.8 Å². The number of aliphatic hydroxyl groups excluding tert-OH is 3. The summed E-state index contributed by atoms with van der Waals surface area (Å²) in [5.74, 6) is -0.887. The Balaban J connectivity index is 2.91. The summed E-state index contributed by atoms with van der Waals surface area (Å²) >= 11 is 0. The number of rotatable bonds is 6. The molecule has 7 N–H and O–H groups in total. The van der Waals surface area contributed by atoms with Crippen molar-refractivity contribution in [3.05, 3.63) is 0 Å². The Morgan fingerprint density at radius 1 is 1.60 bits per heavy atom. The average molecular weight is 295 g/mol. The quantitative estimate of drug-likeness (QED) is 0.219. The molecule has 0 aromatic carbocycles. The van der Waals surface area contributed by atoms with Crippen molar-refractivity contribution in [1.29, 1.82) is 0 Å². The average Bonchev–Trinajstić information content (AvgIpc) is 2.47. The number of hydrogen-bond acceptors (Lipinski definition) is 8. The third kappa shape index (κ3) is 3.64. The number of carbonyl (C=O) groups is 1. The standard InChI is InChI=1S/C11H22N2O7/c1-6(15)13-11(18)9(17)8(16)7(5-14)20-10(11)19-4-2-3-12/h7-10,14,16-18H,2-5,12H2,1H3,(H,13,15)/t7-,8+,9+,10?,11-/m1/s1/i1D. The zero-order valence-electron chi connectivity index (χ0n) is 11.9. The summed E-state index contributed by atoms with van der Waals surface area (Å²) in [7, 11) is 0. The van der Waals surface area contributed by atoms with Gasteiger partial charge in [-0.3, -0.25) is 4.79 Å². The molecule has 0 spiro atoms. The Labute approximate surface area is 117 Å². The topological polar surface area (TPSA) is 154 Å². The van der Waals surface area contributed by atoms with E-state index in [4.69, 9.17) is 21.7 Å². The highest BCUT2D eigenvalue weighted by Crippen LogP contribution is 2.29. The Bertz CT molecular complexity index is 349. The maximum Gasteiger partial charge on any atom is 0.219 e. The van der Waals surface area contributed by atoms with Crippen LogP contribution in [0.2, 0.25) is 0 Å². The second-order valence-corrected chi connectivity index (χ2v) is 4.51. The molecule has 20 heavy (non-hydrogen) atoms. The van der Waals surface area contributed by atoms with E-state index < -0.39 is 49.7 Å². The number of hydrogen-bond donors (Lipinski definition) is 6. The van der Waals surface area contributed by atoms with Gasteiger partial charge in [0.1, 0.15) is 18.3 Å². The fourth-order valence-corrected chi connectivity index (χ4v) is 1.89. The molecule has 1 fully saturated rings. The van der Waals surface area contributed by atoms with Crippen LogP contribution in [-0.2, 0) is 14.3 Å². The second kappa shape index (κ2) is 7.27. The van der Waals surface area contributed by atoms with Crippen LogP contribution in [0.15, 0.2) is 0 Å². The van der Waals surface area contributed by atoms with Crippen LogP contribution in [0.25, 0.3) is 0 Å². The van der Waals surface area contributed by atoms with Gasteiger partial charge in [-0.15, -0.1) is 0 Å². The van der Waals surface area contributed by atoms with Crippen molar-refractivity contribution in [1.82, 2.24) is 5.32 Å². The van der Waals surface area contributed by atoms with Crippen LogP contribution in [-0.4, -0.2) is 76.4 Å². The SMILES string of the molecule is [2H]CC(=O)N[C@]1(O)C(OCCCN)O[C@H](CO)[C@H](O)[C@@H]1O. The first-order valence-corrected chi connectivity index (χ1v) is 6.17. The molecule has 0 aromatic rings. The normalized spacial score (nSPS) is 38.4. The molecule has 0 saturated carbocycles. The molecule has 1 unspecified atom stereocenters. The van der Waals surface area contributed by atoms with Gasteiger partial charge in [0.15, 0.2) is 0 Å². The molecule has 9 heteroatoms. The summed E-state index contributed by atoms with van der Waals surface area (Å²) in [6.07, 6.45) is -5.77. The highest BCUT2D eigenvalue weighted by atomic mass is 16.7. The van der Waals surface area contributed by atoms with Crippen molar-refractivity contribution >= 4 is 5.91 Å². The van der Waals surface area contributed by atoms with Crippen molar-refractivity contribution in [3.63, 3.8) is 0 Å². The number of nitrogens with two attached hydrogens (primary N) is 1. The van der Waals surface area contributed by atoms with Gasteiger partial charge >= 0.3 is 0 Å². The molecule has 1 rings (SSSR count). The smallest absolute Gasteiger partial charge is 0.219 e. The predicted octanol–water partition coefficient (Wildman–Crippen LogP) is -3.38. The van der Waals surface area contributed by atoms with E-state index >= 15 is 0 Å². The molecule has 1 heterocycles. The molecule has 1 aliphatic heterocycles. The molecular weight excluding hydrogens is 272 g/mol. The van der Waals surface area contributed by atoms with Crippen LogP contribution in [0.4, 0.5) is 0 Å². The predicted molar refractivity (Wildman–Crippen MR) is 66.2 cm³/mol. The molecule has 1 aliphatic rings. The lowest BCUT2D eigenvalue weighted by Crippen LogP contribution is -2.73. The lowest BCUT2D eigenvalue weighted by atomic mass is 9.93. The van der Waals surface area contributed by atoms with Crippen LogP contribution in [0.1, 0.15) is 14.7 Å². The van der Waals surface area contributed by atoms with Crippen molar-refractivity contribution in [2.24, 2.45) is 5.73 Å². The van der Waals surface area contributed by atoms with Crippen molar-refractivity contribution < 1.29 is 36.1 Å². The lowest BCUT2D eigenvalue weighted by molar-refractivity contribution is -0.347. The number of amides is 1. The van der Waals surface area contributed by atoms with Gasteiger partial charge in [0, 0.05) is 8.27 Å². The van der Waals surface area contributed by atoms with Gasteiger partial charge in [-0.05, 0) is 13.0 Å². The fraction of sp³-hybridized carbons (Fsp3) is 0.909. The van der Waals surface area contributed by atoms with E-state index in [2.05, 4.69) is 0 Å². The van der Waals surface area contributed by atoms with Gasteiger partial charge in [-0.25, -0.2) is 0 Å². The molecule has 0 radical (unpaired) electrons. The summed E-state index contributed by atoms with van der Waals surface area (Å²) in [6, 6.07) is 0. The largest absolute Gasteiger partial charge is 0.394 e. The Hall–Kier alpha value is -0.810. The van der Waals surface area contributed by atoms with E-state index in [1.165, 1.54) is 0 Å². The highest BCUT2D eigenvalue weighted by molar-refractivity contribution is 5.73. The molecule has 0 aromatic heterocycles. The van der Waals surface area contributed by atoms with Gasteiger partial charge < -0.3 is 41.0 Å². The first-order valence-electron chi connectivity index (χ1n) is 6.88. The number of nitrogens with one attached hydrogen (secondary N) is 1. The zero-order chi connectivity index (χ0) is 16.0. The third-order valence-electron chi connectivity index (χ3n) is 2.95. The van der Waals surface area contributed by atoms with Gasteiger partial charge in [0.25, 0.3) is 0 Å². The first kappa shape index (κ1) is 15.6. The van der Waals surface area contributed by atoms with E-state index in [1.807, 2.05) is 5.32 Å². The van der Waals surface area contributed by atoms with Crippen LogP contribution in [0.3, 0.4) is 0 Å². The molecule has 1 saturated heterocycles. The summed E-state index contributed by atoms with van der Waals surface area (Å²) in [6.45, 7) is -0.915. The molecule has 9 nitrogen and oxygen atoms in total. The van der Waals surface area contributed by atoms with Crippen molar-refractivity contribution in [3.8, 4) is 0 Å². The van der Waals surface area contributed by atoms with Crippen LogP contribution in [0, 0.1) is 0 Å². The number of aliphatic hydroxyl groups is 4. The highest BCUT2D eigenvalue weighted by Gasteiger charge is 2.56. The van der Waals surface area contributed by atoms with Gasteiger partial charge in [-0.1, -0.05) is 0 Å². The van der Waals surface area contributed by atoms with Gasteiger partial charge in [0.2, 0.25) is 17.9 Å². The first-order chi connectivity index (χ1) is 9.90. The Kier molecular flexibility index (Phi) is 5.66. The minimum absolute atomic E-state index is 0.0706. The Morgan fingerprint density at radius 3 is 2.85 bits per heavy atom. The maximum atomic E-state index is 11.3. The van der Waals surface area contributed by atoms with E-state index in [1.54, 1.807) is 0 Å². The number of carbonyl (C=O) groups excluding carboxylic acids is 1. The second-order valence-electron chi connectivity index (χ2n) is 4.51. The molecular formula is C11H22N2O7. The maximum absolute atomic E-state index is 11.3. The lowest BCUT2D eigenvalue weighted by Gasteiger charge is -2.47. The summed E-state index contributed by atoms with van der Waals surface area (Å²) in [4.78, 5) is 11.3.